The van der Waals surface area contributed by atoms with Crippen LogP contribution < -0.4 is 5.32 Å². The molecule has 1 atom stereocenters. The maximum Gasteiger partial charge on any atom is 0.326 e. The fourth-order valence-electron chi connectivity index (χ4n) is 2.40. The molecule has 2 rings (SSSR count). The maximum absolute atomic E-state index is 11.9. The number of aromatic nitrogens is 2. The molecule has 1 aromatic heterocycles. The fourth-order valence-corrected chi connectivity index (χ4v) is 2.40. The van der Waals surface area contributed by atoms with Crippen LogP contribution in [0.15, 0.2) is 18.7 Å². The van der Waals surface area contributed by atoms with Gasteiger partial charge in [0, 0.05) is 32.0 Å². The highest BCUT2D eigenvalue weighted by atomic mass is 16.4. The average Bonchev–Trinajstić information content (AvgIpc) is 3.09. The summed E-state index contributed by atoms with van der Waals surface area (Å²) in [6, 6.07) is -0.932. The van der Waals surface area contributed by atoms with E-state index in [0.29, 0.717) is 19.5 Å². The van der Waals surface area contributed by atoms with Crippen LogP contribution in [0, 0.1) is 0 Å². The molecule has 7 nitrogen and oxygen atoms in total. The van der Waals surface area contributed by atoms with Crippen molar-refractivity contribution in [1.29, 1.82) is 0 Å². The molecular weight excluding hydrogens is 260 g/mol. The van der Waals surface area contributed by atoms with Gasteiger partial charge in [-0.3, -0.25) is 0 Å². The van der Waals surface area contributed by atoms with E-state index in [9.17, 15) is 9.59 Å². The summed E-state index contributed by atoms with van der Waals surface area (Å²) in [7, 11) is 0. The molecule has 1 aromatic rings. The van der Waals surface area contributed by atoms with Gasteiger partial charge in [-0.1, -0.05) is 0 Å². The molecule has 20 heavy (non-hydrogen) atoms. The topological polar surface area (TPSA) is 87.5 Å². The van der Waals surface area contributed by atoms with E-state index in [1.54, 1.807) is 12.5 Å². The van der Waals surface area contributed by atoms with Crippen LogP contribution in [-0.2, 0) is 11.3 Å². The largest absolute Gasteiger partial charge is 0.480 e. The molecule has 7 heteroatoms. The summed E-state index contributed by atoms with van der Waals surface area (Å²) >= 11 is 0. The second kappa shape index (κ2) is 6.93. The second-order valence-electron chi connectivity index (χ2n) is 4.93. The van der Waals surface area contributed by atoms with E-state index in [2.05, 4.69) is 10.3 Å². The van der Waals surface area contributed by atoms with Gasteiger partial charge in [-0.25, -0.2) is 14.6 Å². The van der Waals surface area contributed by atoms with Crippen LogP contribution in [0.3, 0.4) is 0 Å². The smallest absolute Gasteiger partial charge is 0.326 e. The first-order chi connectivity index (χ1) is 9.68. The Morgan fingerprint density at radius 3 is 2.95 bits per heavy atom. The van der Waals surface area contributed by atoms with Crippen molar-refractivity contribution in [3.8, 4) is 0 Å². The third kappa shape index (κ3) is 3.72. The van der Waals surface area contributed by atoms with Gasteiger partial charge in [-0.2, -0.15) is 0 Å². The highest BCUT2D eigenvalue weighted by molar-refractivity contribution is 5.83. The number of aryl methyl sites for hydroxylation is 1. The molecule has 1 aliphatic rings. The monoisotopic (exact) mass is 280 g/mol. The first-order valence-electron chi connectivity index (χ1n) is 6.91. The zero-order chi connectivity index (χ0) is 14.4. The van der Waals surface area contributed by atoms with E-state index < -0.39 is 12.0 Å². The summed E-state index contributed by atoms with van der Waals surface area (Å²) in [5.74, 6) is -0.919. The molecule has 0 bridgehead atoms. The molecule has 110 valence electrons. The summed E-state index contributed by atoms with van der Waals surface area (Å²) in [4.78, 5) is 28.3. The van der Waals surface area contributed by atoms with Crippen LogP contribution in [0.4, 0.5) is 4.79 Å². The standard InChI is InChI=1S/C13H20N4O3/c18-12(19)11-4-3-8-17(11)13(20)15-5-1-2-7-16-9-6-14-10-16/h6,9-11H,1-5,7-8H2,(H,15,20)(H,18,19)/t11-/m1/s1. The van der Waals surface area contributed by atoms with Crippen LogP contribution in [0.25, 0.3) is 0 Å². The van der Waals surface area contributed by atoms with Gasteiger partial charge in [0.1, 0.15) is 6.04 Å². The molecule has 2 heterocycles. The van der Waals surface area contributed by atoms with Gasteiger partial charge in [0.2, 0.25) is 0 Å². The van der Waals surface area contributed by atoms with Crippen molar-refractivity contribution < 1.29 is 14.7 Å². The number of aliphatic carboxylic acids is 1. The van der Waals surface area contributed by atoms with Crippen molar-refractivity contribution in [2.75, 3.05) is 13.1 Å². The fraction of sp³-hybridized carbons (Fsp3) is 0.615. The number of carbonyl (C=O) groups is 2. The Balaban J connectivity index is 1.63. The van der Waals surface area contributed by atoms with Crippen LogP contribution in [-0.4, -0.2) is 50.7 Å². The number of amides is 2. The molecule has 1 fully saturated rings. The highest BCUT2D eigenvalue weighted by Crippen LogP contribution is 2.17. The van der Waals surface area contributed by atoms with Crippen LogP contribution >= 0.6 is 0 Å². The number of nitrogens with zero attached hydrogens (tertiary/aromatic N) is 3. The Morgan fingerprint density at radius 1 is 1.40 bits per heavy atom. The van der Waals surface area contributed by atoms with E-state index >= 15 is 0 Å². The number of unbranched alkanes of at least 4 members (excludes halogenated alkanes) is 1. The number of nitrogens with one attached hydrogen (secondary N) is 1. The summed E-state index contributed by atoms with van der Waals surface area (Å²) in [5.41, 5.74) is 0. The Kier molecular flexibility index (Phi) is 4.97. The average molecular weight is 280 g/mol. The van der Waals surface area contributed by atoms with Gasteiger partial charge >= 0.3 is 12.0 Å². The van der Waals surface area contributed by atoms with Crippen molar-refractivity contribution in [1.82, 2.24) is 19.8 Å². The number of hydrogen-bond acceptors (Lipinski definition) is 3. The number of urea groups is 1. The van der Waals surface area contributed by atoms with E-state index in [0.717, 1.165) is 25.8 Å². The quantitative estimate of drug-likeness (QED) is 0.759. The van der Waals surface area contributed by atoms with E-state index in [-0.39, 0.29) is 6.03 Å². The van der Waals surface area contributed by atoms with Gasteiger partial charge in [-0.15, -0.1) is 0 Å². The number of rotatable bonds is 6. The van der Waals surface area contributed by atoms with E-state index in [1.807, 2.05) is 10.8 Å². The first kappa shape index (κ1) is 14.4. The lowest BCUT2D eigenvalue weighted by Crippen LogP contribution is -2.46. The summed E-state index contributed by atoms with van der Waals surface area (Å²) in [6.07, 6.45) is 8.50. The lowest BCUT2D eigenvalue weighted by molar-refractivity contribution is -0.141. The summed E-state index contributed by atoms with van der Waals surface area (Å²) in [6.45, 7) is 1.96. The highest BCUT2D eigenvalue weighted by Gasteiger charge is 2.33. The van der Waals surface area contributed by atoms with E-state index in [1.165, 1.54) is 4.90 Å². The van der Waals surface area contributed by atoms with Gasteiger partial charge in [0.15, 0.2) is 0 Å². The Hall–Kier alpha value is -2.05. The molecule has 2 amide bonds. The number of carbonyl (C=O) groups excluding carboxylic acids is 1. The van der Waals surface area contributed by atoms with Crippen molar-refractivity contribution in [3.63, 3.8) is 0 Å². The minimum absolute atomic E-state index is 0.266. The van der Waals surface area contributed by atoms with Crippen LogP contribution in [0.5, 0.6) is 0 Å². The third-order valence-electron chi connectivity index (χ3n) is 3.48. The molecule has 2 N–H and O–H groups in total. The number of imidazole rings is 1. The van der Waals surface area contributed by atoms with Gasteiger partial charge < -0.3 is 19.9 Å². The number of hydrogen-bond donors (Lipinski definition) is 2. The molecule has 0 spiro atoms. The third-order valence-corrected chi connectivity index (χ3v) is 3.48. The normalized spacial score (nSPS) is 18.2. The molecule has 0 radical (unpaired) electrons. The molecule has 0 saturated carbocycles. The van der Waals surface area contributed by atoms with Crippen molar-refractivity contribution >= 4 is 12.0 Å². The zero-order valence-corrected chi connectivity index (χ0v) is 11.4. The predicted octanol–water partition coefficient (Wildman–Crippen LogP) is 0.922. The second-order valence-corrected chi connectivity index (χ2v) is 4.93. The Morgan fingerprint density at radius 2 is 2.25 bits per heavy atom. The summed E-state index contributed by atoms with van der Waals surface area (Å²) in [5, 5.41) is 11.8. The zero-order valence-electron chi connectivity index (χ0n) is 11.4. The van der Waals surface area contributed by atoms with Gasteiger partial charge in [0.25, 0.3) is 0 Å². The maximum atomic E-state index is 11.9. The lowest BCUT2D eigenvalue weighted by Gasteiger charge is -2.21. The minimum Gasteiger partial charge on any atom is -0.480 e. The Labute approximate surface area is 117 Å². The van der Waals surface area contributed by atoms with Gasteiger partial charge in [0.05, 0.1) is 6.33 Å². The first-order valence-corrected chi connectivity index (χ1v) is 6.91. The molecule has 0 aromatic carbocycles. The van der Waals surface area contributed by atoms with Crippen LogP contribution in [0.2, 0.25) is 0 Å². The van der Waals surface area contributed by atoms with Gasteiger partial charge in [-0.05, 0) is 25.7 Å². The predicted molar refractivity (Wildman–Crippen MR) is 72.2 cm³/mol. The molecule has 1 saturated heterocycles. The number of likely N-dealkylation sites (tertiary alicyclic amines) is 1. The Bertz CT molecular complexity index is 446. The molecule has 0 aliphatic carbocycles. The SMILES string of the molecule is O=C(O)[C@H]1CCCN1C(=O)NCCCCn1ccnc1. The lowest BCUT2D eigenvalue weighted by atomic mass is 10.2. The van der Waals surface area contributed by atoms with Crippen molar-refractivity contribution in [2.45, 2.75) is 38.3 Å². The molecule has 0 unspecified atom stereocenters. The summed E-state index contributed by atoms with van der Waals surface area (Å²) < 4.78 is 1.99. The molecule has 1 aliphatic heterocycles. The van der Waals surface area contributed by atoms with E-state index in [4.69, 9.17) is 5.11 Å². The minimum atomic E-state index is -0.919. The van der Waals surface area contributed by atoms with Crippen LogP contribution in [0.1, 0.15) is 25.7 Å². The number of carboxylic acids is 1. The van der Waals surface area contributed by atoms with Crippen molar-refractivity contribution in [3.05, 3.63) is 18.7 Å². The number of carboxylic acid groups (broad SMARTS) is 1. The molecular formula is C13H20N4O3. The van der Waals surface area contributed by atoms with Crippen molar-refractivity contribution in [2.24, 2.45) is 0 Å².